The first-order valence-corrected chi connectivity index (χ1v) is 8.07. The summed E-state index contributed by atoms with van der Waals surface area (Å²) in [5.74, 6) is 0.452. The maximum absolute atomic E-state index is 5.96. The van der Waals surface area contributed by atoms with Crippen molar-refractivity contribution in [2.45, 2.75) is 6.92 Å². The summed E-state index contributed by atoms with van der Waals surface area (Å²) in [6.45, 7) is 5.85. The van der Waals surface area contributed by atoms with Crippen molar-refractivity contribution in [3.05, 3.63) is 66.8 Å². The minimum absolute atomic E-state index is 0.452. The Bertz CT molecular complexity index is 1100. The van der Waals surface area contributed by atoms with E-state index < -0.39 is 0 Å². The van der Waals surface area contributed by atoms with Crippen LogP contribution in [0.15, 0.2) is 55.5 Å². The second kappa shape index (κ2) is 5.63. The lowest BCUT2D eigenvalue weighted by Gasteiger charge is -2.07. The molecular weight excluding hydrogens is 310 g/mol. The average molecular weight is 329 g/mol. The van der Waals surface area contributed by atoms with Crippen LogP contribution in [0.5, 0.6) is 0 Å². The number of rotatable bonds is 3. The van der Waals surface area contributed by atoms with E-state index in [0.717, 1.165) is 28.1 Å². The summed E-state index contributed by atoms with van der Waals surface area (Å²) in [5, 5.41) is 5.89. The molecule has 0 fully saturated rings. The Balaban J connectivity index is 1.85. The van der Waals surface area contributed by atoms with Crippen LogP contribution in [0.2, 0.25) is 0 Å². The van der Waals surface area contributed by atoms with Crippen molar-refractivity contribution in [1.29, 1.82) is 0 Å². The molecule has 0 amide bonds. The van der Waals surface area contributed by atoms with E-state index in [0.29, 0.717) is 5.82 Å². The summed E-state index contributed by atoms with van der Waals surface area (Å²) in [6, 6.07) is 10.5. The molecule has 2 N–H and O–H groups in total. The van der Waals surface area contributed by atoms with Gasteiger partial charge >= 0.3 is 0 Å². The van der Waals surface area contributed by atoms with Gasteiger partial charge in [0.05, 0.1) is 11.4 Å². The third-order valence-electron chi connectivity index (χ3n) is 4.54. The van der Waals surface area contributed by atoms with Crippen molar-refractivity contribution < 1.29 is 0 Å². The lowest BCUT2D eigenvalue weighted by atomic mass is 10.1. The SMILES string of the molecule is C=Cc1c(-n2cc(-c3ccc4c(ccn4C)c3)c(C)n2)ccnc1N. The molecule has 5 nitrogen and oxygen atoms in total. The van der Waals surface area contributed by atoms with Crippen molar-refractivity contribution in [2.24, 2.45) is 7.05 Å². The maximum Gasteiger partial charge on any atom is 0.132 e. The molecule has 0 saturated carbocycles. The first kappa shape index (κ1) is 15.2. The van der Waals surface area contributed by atoms with E-state index in [1.807, 2.05) is 23.9 Å². The summed E-state index contributed by atoms with van der Waals surface area (Å²) in [5.41, 5.74) is 12.0. The fourth-order valence-electron chi connectivity index (χ4n) is 3.20. The minimum atomic E-state index is 0.452. The molecule has 0 saturated heterocycles. The zero-order chi connectivity index (χ0) is 17.6. The van der Waals surface area contributed by atoms with Gasteiger partial charge in [-0.1, -0.05) is 18.7 Å². The third-order valence-corrected chi connectivity index (χ3v) is 4.54. The molecule has 1 aromatic carbocycles. The van der Waals surface area contributed by atoms with Crippen LogP contribution in [0.4, 0.5) is 5.82 Å². The van der Waals surface area contributed by atoms with Gasteiger partial charge in [0.2, 0.25) is 0 Å². The number of hydrogen-bond donors (Lipinski definition) is 1. The molecular formula is C20H19N5. The standard InChI is InChI=1S/C20H19N5/c1-4-16-19(7-9-22-20(16)21)25-12-17(13(2)23-25)14-5-6-18-15(11-14)8-10-24(18)3/h4-12H,1H2,2-3H3,(H2,21,22). The largest absolute Gasteiger partial charge is 0.383 e. The van der Waals surface area contributed by atoms with Gasteiger partial charge in [-0.25, -0.2) is 9.67 Å². The lowest BCUT2D eigenvalue weighted by molar-refractivity contribution is 0.859. The van der Waals surface area contributed by atoms with Crippen molar-refractivity contribution in [2.75, 3.05) is 5.73 Å². The van der Waals surface area contributed by atoms with Gasteiger partial charge in [-0.15, -0.1) is 0 Å². The molecule has 0 unspecified atom stereocenters. The van der Waals surface area contributed by atoms with E-state index in [9.17, 15) is 0 Å². The Morgan fingerprint density at radius 2 is 2.04 bits per heavy atom. The monoisotopic (exact) mass is 329 g/mol. The van der Waals surface area contributed by atoms with Gasteiger partial charge in [0.15, 0.2) is 0 Å². The van der Waals surface area contributed by atoms with Gasteiger partial charge in [-0.2, -0.15) is 5.10 Å². The van der Waals surface area contributed by atoms with Crippen LogP contribution in [-0.2, 0) is 7.05 Å². The fourth-order valence-corrected chi connectivity index (χ4v) is 3.20. The molecule has 0 bridgehead atoms. The first-order valence-electron chi connectivity index (χ1n) is 8.07. The second-order valence-corrected chi connectivity index (χ2v) is 6.11. The summed E-state index contributed by atoms with van der Waals surface area (Å²) < 4.78 is 3.96. The Labute approximate surface area is 146 Å². The minimum Gasteiger partial charge on any atom is -0.383 e. The molecule has 4 rings (SSSR count). The topological polar surface area (TPSA) is 61.7 Å². The van der Waals surface area contributed by atoms with Gasteiger partial charge in [0.1, 0.15) is 5.82 Å². The number of nitrogens with two attached hydrogens (primary N) is 1. The summed E-state index contributed by atoms with van der Waals surface area (Å²) in [7, 11) is 2.05. The van der Waals surface area contributed by atoms with E-state index in [1.54, 1.807) is 12.3 Å². The highest BCUT2D eigenvalue weighted by molar-refractivity contribution is 5.86. The molecule has 0 aliphatic rings. The Morgan fingerprint density at radius 3 is 2.84 bits per heavy atom. The van der Waals surface area contributed by atoms with Gasteiger partial charge in [-0.05, 0) is 36.8 Å². The van der Waals surface area contributed by atoms with Crippen LogP contribution in [0.3, 0.4) is 0 Å². The number of nitrogen functional groups attached to an aromatic ring is 1. The molecule has 25 heavy (non-hydrogen) atoms. The number of aryl methyl sites for hydroxylation is 2. The zero-order valence-corrected chi connectivity index (χ0v) is 14.3. The molecule has 0 radical (unpaired) electrons. The molecule has 124 valence electrons. The molecule has 3 heterocycles. The molecule has 0 aliphatic heterocycles. The van der Waals surface area contributed by atoms with E-state index in [1.165, 1.54) is 10.9 Å². The number of benzene rings is 1. The average Bonchev–Trinajstić information content (AvgIpc) is 3.17. The van der Waals surface area contributed by atoms with Gasteiger partial charge < -0.3 is 10.3 Å². The van der Waals surface area contributed by atoms with Gasteiger partial charge in [0.25, 0.3) is 0 Å². The molecule has 0 aliphatic carbocycles. The molecule has 5 heteroatoms. The highest BCUT2D eigenvalue weighted by Crippen LogP contribution is 2.29. The van der Waals surface area contributed by atoms with Crippen LogP contribution in [0.1, 0.15) is 11.3 Å². The van der Waals surface area contributed by atoms with Crippen molar-refractivity contribution in [3.63, 3.8) is 0 Å². The highest BCUT2D eigenvalue weighted by atomic mass is 15.3. The Morgan fingerprint density at radius 1 is 1.20 bits per heavy atom. The van der Waals surface area contributed by atoms with Crippen molar-refractivity contribution in [3.8, 4) is 16.8 Å². The Kier molecular flexibility index (Phi) is 3.42. The number of anilines is 1. The normalized spacial score (nSPS) is 11.1. The molecule has 3 aromatic heterocycles. The molecule has 0 spiro atoms. The predicted octanol–water partition coefficient (Wildman–Crippen LogP) is 3.96. The maximum atomic E-state index is 5.96. The number of fused-ring (bicyclic) bond motifs is 1. The lowest BCUT2D eigenvalue weighted by Crippen LogP contribution is -2.02. The number of hydrogen-bond acceptors (Lipinski definition) is 3. The van der Waals surface area contributed by atoms with E-state index >= 15 is 0 Å². The smallest absolute Gasteiger partial charge is 0.132 e. The zero-order valence-electron chi connectivity index (χ0n) is 14.3. The van der Waals surface area contributed by atoms with Crippen molar-refractivity contribution in [1.82, 2.24) is 19.3 Å². The predicted molar refractivity (Wildman–Crippen MR) is 103 cm³/mol. The molecule has 0 atom stereocenters. The van der Waals surface area contributed by atoms with Crippen LogP contribution < -0.4 is 5.73 Å². The first-order chi connectivity index (χ1) is 12.1. The summed E-state index contributed by atoms with van der Waals surface area (Å²) >= 11 is 0. The summed E-state index contributed by atoms with van der Waals surface area (Å²) in [6.07, 6.45) is 7.50. The Hall–Kier alpha value is -3.34. The highest BCUT2D eigenvalue weighted by Gasteiger charge is 2.13. The van der Waals surface area contributed by atoms with Crippen LogP contribution in [0, 0.1) is 6.92 Å². The quantitative estimate of drug-likeness (QED) is 0.619. The van der Waals surface area contributed by atoms with E-state index in [2.05, 4.69) is 58.7 Å². The van der Waals surface area contributed by atoms with Gasteiger partial charge in [-0.3, -0.25) is 0 Å². The summed E-state index contributed by atoms with van der Waals surface area (Å²) in [4.78, 5) is 4.12. The second-order valence-electron chi connectivity index (χ2n) is 6.11. The van der Waals surface area contributed by atoms with Crippen LogP contribution in [0.25, 0.3) is 33.8 Å². The van der Waals surface area contributed by atoms with Gasteiger partial charge in [0, 0.05) is 47.7 Å². The molecule has 4 aromatic rings. The van der Waals surface area contributed by atoms with E-state index in [4.69, 9.17) is 5.73 Å². The number of pyridine rings is 1. The fraction of sp³-hybridized carbons (Fsp3) is 0.100. The van der Waals surface area contributed by atoms with Crippen molar-refractivity contribution >= 4 is 22.8 Å². The van der Waals surface area contributed by atoms with E-state index in [-0.39, 0.29) is 0 Å². The number of nitrogens with zero attached hydrogens (tertiary/aromatic N) is 4. The van der Waals surface area contributed by atoms with Crippen LogP contribution >= 0.6 is 0 Å². The third kappa shape index (κ3) is 2.41. The van der Waals surface area contributed by atoms with Crippen LogP contribution in [-0.4, -0.2) is 19.3 Å². The number of aromatic nitrogens is 4.